The average Bonchev–Trinajstić information content (AvgIpc) is 2.99. The van der Waals surface area contributed by atoms with E-state index in [0.29, 0.717) is 27.6 Å². The van der Waals surface area contributed by atoms with E-state index in [2.05, 4.69) is 10.1 Å². The Labute approximate surface area is 163 Å². The molecule has 2 radical (unpaired) electrons. The Balaban J connectivity index is 2.08. The second-order valence-electron chi connectivity index (χ2n) is 6.46. The van der Waals surface area contributed by atoms with Gasteiger partial charge in [0, 0.05) is 35.7 Å². The molecule has 2 heterocycles. The normalized spacial score (nSPS) is 13.9. The average molecular weight is 409 g/mol. The lowest BCUT2D eigenvalue weighted by Crippen LogP contribution is -2.36. The summed E-state index contributed by atoms with van der Waals surface area (Å²) in [5, 5.41) is 15.0. The summed E-state index contributed by atoms with van der Waals surface area (Å²) < 4.78 is 28.1. The fraction of sp³-hybridized carbons (Fsp3) is 0.333. The largest absolute Gasteiger partial charge is 0.392 e. The topological polar surface area (TPSA) is 54.2 Å². The Hall–Kier alpha value is -2.03. The van der Waals surface area contributed by atoms with Crippen LogP contribution in [0.3, 0.4) is 0 Å². The fourth-order valence-electron chi connectivity index (χ4n) is 2.77. The number of rotatable bonds is 6. The molecule has 9 heteroatoms. The van der Waals surface area contributed by atoms with Crippen molar-refractivity contribution in [3.8, 4) is 0 Å². The number of aliphatic hydroxyl groups is 1. The first-order valence-corrected chi connectivity index (χ1v) is 10.1. The molecule has 0 aliphatic heterocycles. The Kier molecular flexibility index (Phi) is 5.50. The molecular formula is C18H19ClF2N4OSi. The second kappa shape index (κ2) is 7.53. The first-order valence-electron chi connectivity index (χ1n) is 8.26. The highest BCUT2D eigenvalue weighted by Crippen LogP contribution is 2.35. The standard InChI is InChI=1S/C18H19ClF2N4OSi/c1-18(26,27-3)10-25-15-6-7-22-9-13(15)17(23-25)24(2)11-4-5-14(19)12(8-11)16(20)21/h4-9,16,26H,10H2,1-3H3/t18-/m0/s1. The summed E-state index contributed by atoms with van der Waals surface area (Å²) >= 11 is 5.87. The number of fused-ring (bicyclic) bond motifs is 1. The Bertz CT molecular complexity index is 964. The van der Waals surface area contributed by atoms with Crippen LogP contribution in [0.2, 0.25) is 11.6 Å². The molecule has 0 fully saturated rings. The van der Waals surface area contributed by atoms with Crippen molar-refractivity contribution < 1.29 is 13.9 Å². The molecule has 0 saturated carbocycles. The van der Waals surface area contributed by atoms with Gasteiger partial charge in [-0.3, -0.25) is 9.67 Å². The van der Waals surface area contributed by atoms with E-state index in [1.165, 1.54) is 12.1 Å². The first kappa shape index (κ1) is 19.7. The molecule has 0 aliphatic carbocycles. The minimum Gasteiger partial charge on any atom is -0.392 e. The third-order valence-electron chi connectivity index (χ3n) is 4.45. The van der Waals surface area contributed by atoms with E-state index in [9.17, 15) is 13.9 Å². The number of anilines is 2. The minimum absolute atomic E-state index is 0.0270. The zero-order chi connectivity index (χ0) is 19.8. The van der Waals surface area contributed by atoms with Crippen LogP contribution >= 0.6 is 11.6 Å². The maximum atomic E-state index is 13.2. The van der Waals surface area contributed by atoms with Gasteiger partial charge in [-0.25, -0.2) is 8.78 Å². The molecule has 142 valence electrons. The van der Waals surface area contributed by atoms with Gasteiger partial charge in [0.25, 0.3) is 6.43 Å². The zero-order valence-corrected chi connectivity index (χ0v) is 16.9. The summed E-state index contributed by atoms with van der Waals surface area (Å²) in [5.74, 6) is 0.566. The van der Waals surface area contributed by atoms with Gasteiger partial charge in [0.15, 0.2) is 5.82 Å². The van der Waals surface area contributed by atoms with Gasteiger partial charge in [-0.2, -0.15) is 5.10 Å². The van der Waals surface area contributed by atoms with E-state index in [1.807, 2.05) is 12.6 Å². The van der Waals surface area contributed by atoms with Crippen molar-refractivity contribution in [1.29, 1.82) is 0 Å². The van der Waals surface area contributed by atoms with E-state index in [4.69, 9.17) is 11.6 Å². The number of nitrogens with zero attached hydrogens (tertiary/aromatic N) is 4. The van der Waals surface area contributed by atoms with Crippen LogP contribution in [-0.4, -0.2) is 41.7 Å². The lowest BCUT2D eigenvalue weighted by molar-refractivity contribution is 0.121. The molecule has 27 heavy (non-hydrogen) atoms. The van der Waals surface area contributed by atoms with Crippen LogP contribution in [0.1, 0.15) is 18.9 Å². The van der Waals surface area contributed by atoms with Crippen molar-refractivity contribution in [2.75, 3.05) is 11.9 Å². The van der Waals surface area contributed by atoms with Gasteiger partial charge in [0.2, 0.25) is 0 Å². The summed E-state index contributed by atoms with van der Waals surface area (Å²) in [6, 6.07) is 6.30. The minimum atomic E-state index is -2.66. The number of aromatic nitrogens is 3. The molecule has 2 aromatic heterocycles. The van der Waals surface area contributed by atoms with Crippen LogP contribution in [0, 0.1) is 0 Å². The summed E-state index contributed by atoms with van der Waals surface area (Å²) in [4.78, 5) is 5.87. The molecule has 1 atom stereocenters. The second-order valence-corrected chi connectivity index (χ2v) is 8.45. The van der Waals surface area contributed by atoms with Gasteiger partial charge in [-0.05, 0) is 31.2 Å². The van der Waals surface area contributed by atoms with Crippen molar-refractivity contribution in [2.45, 2.75) is 31.7 Å². The smallest absolute Gasteiger partial charge is 0.265 e. The number of benzene rings is 1. The molecule has 5 nitrogen and oxygen atoms in total. The van der Waals surface area contributed by atoms with Crippen molar-refractivity contribution in [2.24, 2.45) is 0 Å². The van der Waals surface area contributed by atoms with E-state index in [1.54, 1.807) is 42.0 Å². The van der Waals surface area contributed by atoms with Crippen LogP contribution in [0.4, 0.5) is 20.3 Å². The molecule has 0 bridgehead atoms. The van der Waals surface area contributed by atoms with Crippen LogP contribution in [0.15, 0.2) is 36.7 Å². The van der Waals surface area contributed by atoms with Gasteiger partial charge in [-0.1, -0.05) is 18.1 Å². The highest BCUT2D eigenvalue weighted by molar-refractivity contribution is 6.37. The summed E-state index contributed by atoms with van der Waals surface area (Å²) in [5.41, 5.74) is 1.13. The Morgan fingerprint density at radius 2 is 2.11 bits per heavy atom. The van der Waals surface area contributed by atoms with Crippen molar-refractivity contribution in [3.63, 3.8) is 0 Å². The van der Waals surface area contributed by atoms with Crippen LogP contribution in [0.25, 0.3) is 10.9 Å². The Morgan fingerprint density at radius 3 is 2.78 bits per heavy atom. The number of halogens is 3. The highest BCUT2D eigenvalue weighted by atomic mass is 35.5. The van der Waals surface area contributed by atoms with E-state index in [-0.39, 0.29) is 10.6 Å². The first-order chi connectivity index (χ1) is 12.7. The molecule has 1 N–H and O–H groups in total. The van der Waals surface area contributed by atoms with Crippen molar-refractivity contribution in [1.82, 2.24) is 14.8 Å². The SMILES string of the molecule is C[Si][C@](C)(O)Cn1nc(N(C)c2ccc(Cl)c(C(F)F)c2)c2cnccc21. The van der Waals surface area contributed by atoms with Crippen LogP contribution in [0.5, 0.6) is 0 Å². The van der Waals surface area contributed by atoms with Gasteiger partial charge in [0.05, 0.1) is 32.2 Å². The van der Waals surface area contributed by atoms with Gasteiger partial charge >= 0.3 is 0 Å². The Morgan fingerprint density at radius 1 is 1.37 bits per heavy atom. The van der Waals surface area contributed by atoms with Crippen LogP contribution in [-0.2, 0) is 6.54 Å². The lowest BCUT2D eigenvalue weighted by Gasteiger charge is -2.21. The van der Waals surface area contributed by atoms with Crippen LogP contribution < -0.4 is 4.90 Å². The number of pyridine rings is 1. The van der Waals surface area contributed by atoms with Crippen molar-refractivity contribution >= 4 is 43.5 Å². The third kappa shape index (κ3) is 3.97. The van der Waals surface area contributed by atoms with Gasteiger partial charge < -0.3 is 10.0 Å². The summed E-state index contributed by atoms with van der Waals surface area (Å²) in [7, 11) is 2.07. The molecule has 3 rings (SSSR count). The molecule has 0 spiro atoms. The van der Waals surface area contributed by atoms with E-state index >= 15 is 0 Å². The van der Waals surface area contributed by atoms with E-state index in [0.717, 1.165) is 10.9 Å². The summed E-state index contributed by atoms with van der Waals surface area (Å²) in [6.45, 7) is 4.01. The van der Waals surface area contributed by atoms with Gasteiger partial charge in [0.1, 0.15) is 0 Å². The zero-order valence-electron chi connectivity index (χ0n) is 15.1. The number of hydrogen-bond donors (Lipinski definition) is 1. The quantitative estimate of drug-likeness (QED) is 0.619. The van der Waals surface area contributed by atoms with Gasteiger partial charge in [-0.15, -0.1) is 0 Å². The molecule has 0 amide bonds. The molecule has 0 unspecified atom stereocenters. The lowest BCUT2D eigenvalue weighted by atomic mass is 10.2. The predicted molar refractivity (Wildman–Crippen MR) is 104 cm³/mol. The predicted octanol–water partition coefficient (Wildman–Crippen LogP) is 4.25. The van der Waals surface area contributed by atoms with E-state index < -0.39 is 11.6 Å². The fourth-order valence-corrected chi connectivity index (χ4v) is 3.28. The molecule has 0 aliphatic rings. The summed E-state index contributed by atoms with van der Waals surface area (Å²) in [6.07, 6.45) is 0.671. The molecular weight excluding hydrogens is 390 g/mol. The van der Waals surface area contributed by atoms with Crippen molar-refractivity contribution in [3.05, 3.63) is 47.2 Å². The molecule has 3 aromatic rings. The third-order valence-corrected chi connectivity index (χ3v) is 6.03. The molecule has 0 saturated heterocycles. The number of hydrogen-bond acceptors (Lipinski definition) is 4. The number of alkyl halides is 2. The maximum Gasteiger partial charge on any atom is 0.265 e. The maximum absolute atomic E-state index is 13.2. The molecule has 1 aromatic carbocycles. The monoisotopic (exact) mass is 408 g/mol. The highest BCUT2D eigenvalue weighted by Gasteiger charge is 2.24.